The van der Waals surface area contributed by atoms with Gasteiger partial charge in [-0.1, -0.05) is 18.6 Å². The minimum Gasteiger partial charge on any atom is -0.480 e. The maximum Gasteiger partial charge on any atom is 0.321 e. The average molecular weight is 287 g/mol. The summed E-state index contributed by atoms with van der Waals surface area (Å²) in [5.41, 5.74) is 5.16. The van der Waals surface area contributed by atoms with Crippen molar-refractivity contribution in [2.24, 2.45) is 11.8 Å². The van der Waals surface area contributed by atoms with Crippen molar-refractivity contribution in [1.82, 2.24) is 4.90 Å². The van der Waals surface area contributed by atoms with Crippen LogP contribution in [0.25, 0.3) is 0 Å². The quantitative estimate of drug-likeness (QED) is 0.927. The highest BCUT2D eigenvalue weighted by Gasteiger charge is 2.47. The SMILES string of the molecule is Cc1cc(C)c(CN2CC3CCCC3C2C(=O)O)cc1C. The fourth-order valence-electron chi connectivity index (χ4n) is 4.31. The first-order valence-electron chi connectivity index (χ1n) is 8.01. The van der Waals surface area contributed by atoms with E-state index in [1.54, 1.807) is 0 Å². The molecule has 21 heavy (non-hydrogen) atoms. The summed E-state index contributed by atoms with van der Waals surface area (Å²) in [6, 6.07) is 4.17. The molecule has 3 heteroatoms. The van der Waals surface area contributed by atoms with Crippen molar-refractivity contribution in [3.8, 4) is 0 Å². The molecule has 1 aliphatic carbocycles. The fraction of sp³-hybridized carbons (Fsp3) is 0.611. The maximum absolute atomic E-state index is 11.7. The van der Waals surface area contributed by atoms with Gasteiger partial charge in [0.25, 0.3) is 0 Å². The van der Waals surface area contributed by atoms with Crippen LogP contribution >= 0.6 is 0 Å². The number of nitrogens with zero attached hydrogens (tertiary/aromatic N) is 1. The largest absolute Gasteiger partial charge is 0.480 e. The van der Waals surface area contributed by atoms with Crippen LogP contribution in [0, 0.1) is 32.6 Å². The zero-order valence-corrected chi connectivity index (χ0v) is 13.2. The van der Waals surface area contributed by atoms with Crippen LogP contribution in [0.2, 0.25) is 0 Å². The number of likely N-dealkylation sites (tertiary alicyclic amines) is 1. The van der Waals surface area contributed by atoms with Crippen LogP contribution in [0.5, 0.6) is 0 Å². The smallest absolute Gasteiger partial charge is 0.321 e. The Bertz CT molecular complexity index is 567. The van der Waals surface area contributed by atoms with Gasteiger partial charge in [0.05, 0.1) is 0 Å². The highest BCUT2D eigenvalue weighted by atomic mass is 16.4. The number of aliphatic carboxylic acids is 1. The number of rotatable bonds is 3. The first-order chi connectivity index (χ1) is 9.97. The van der Waals surface area contributed by atoms with Gasteiger partial charge in [-0.05, 0) is 67.7 Å². The number of hydrogen-bond acceptors (Lipinski definition) is 2. The maximum atomic E-state index is 11.7. The van der Waals surface area contributed by atoms with E-state index in [9.17, 15) is 9.90 Å². The van der Waals surface area contributed by atoms with Crippen molar-refractivity contribution in [3.05, 3.63) is 34.4 Å². The number of carboxylic acid groups (broad SMARTS) is 1. The van der Waals surface area contributed by atoms with E-state index in [1.165, 1.54) is 35.1 Å². The third kappa shape index (κ3) is 2.59. The summed E-state index contributed by atoms with van der Waals surface area (Å²) in [5.74, 6) is 0.332. The van der Waals surface area contributed by atoms with E-state index >= 15 is 0 Å². The van der Waals surface area contributed by atoms with Gasteiger partial charge in [0.1, 0.15) is 6.04 Å². The third-order valence-corrected chi connectivity index (χ3v) is 5.56. The lowest BCUT2D eigenvalue weighted by Crippen LogP contribution is -2.39. The zero-order chi connectivity index (χ0) is 15.1. The summed E-state index contributed by atoms with van der Waals surface area (Å²) >= 11 is 0. The molecule has 0 aromatic heterocycles. The topological polar surface area (TPSA) is 40.5 Å². The van der Waals surface area contributed by atoms with Crippen LogP contribution in [0.3, 0.4) is 0 Å². The second-order valence-corrected chi connectivity index (χ2v) is 6.93. The van der Waals surface area contributed by atoms with Gasteiger partial charge >= 0.3 is 5.97 Å². The molecule has 0 amide bonds. The van der Waals surface area contributed by atoms with Gasteiger partial charge in [0, 0.05) is 13.1 Å². The Morgan fingerprint density at radius 1 is 1.19 bits per heavy atom. The standard InChI is InChI=1S/C18H25NO2/c1-11-7-13(3)15(8-12(11)2)10-19-9-14-5-4-6-16(14)17(19)18(20)21/h7-8,14,16-17H,4-6,9-10H2,1-3H3,(H,20,21). The van der Waals surface area contributed by atoms with Crippen molar-refractivity contribution < 1.29 is 9.90 Å². The van der Waals surface area contributed by atoms with Gasteiger partial charge in [-0.2, -0.15) is 0 Å². The van der Waals surface area contributed by atoms with Crippen LogP contribution in [-0.2, 0) is 11.3 Å². The molecule has 1 heterocycles. The Balaban J connectivity index is 1.84. The molecule has 0 spiro atoms. The van der Waals surface area contributed by atoms with Crippen molar-refractivity contribution >= 4 is 5.97 Å². The number of hydrogen-bond donors (Lipinski definition) is 1. The van der Waals surface area contributed by atoms with Gasteiger partial charge in [0.15, 0.2) is 0 Å². The molecule has 1 saturated carbocycles. The molecule has 3 atom stereocenters. The van der Waals surface area contributed by atoms with E-state index in [1.807, 2.05) is 0 Å². The number of carboxylic acids is 1. The van der Waals surface area contributed by atoms with Crippen LogP contribution in [0.15, 0.2) is 12.1 Å². The van der Waals surface area contributed by atoms with Gasteiger partial charge in [-0.15, -0.1) is 0 Å². The summed E-state index contributed by atoms with van der Waals surface area (Å²) in [4.78, 5) is 13.9. The lowest BCUT2D eigenvalue weighted by Gasteiger charge is -2.25. The van der Waals surface area contributed by atoms with Gasteiger partial charge in [-0.25, -0.2) is 0 Å². The molecule has 114 valence electrons. The number of benzene rings is 1. The predicted octanol–water partition coefficient (Wildman–Crippen LogP) is 3.30. The molecule has 2 aliphatic rings. The van der Waals surface area contributed by atoms with Crippen LogP contribution in [0.1, 0.15) is 41.5 Å². The minimum absolute atomic E-state index is 0.279. The molecule has 3 unspecified atom stereocenters. The zero-order valence-electron chi connectivity index (χ0n) is 13.2. The van der Waals surface area contributed by atoms with Crippen LogP contribution < -0.4 is 0 Å². The van der Waals surface area contributed by atoms with Crippen molar-refractivity contribution in [2.45, 2.75) is 52.6 Å². The summed E-state index contributed by atoms with van der Waals surface area (Å²) < 4.78 is 0. The Morgan fingerprint density at radius 2 is 1.90 bits per heavy atom. The van der Waals surface area contributed by atoms with Gasteiger partial charge in [0.2, 0.25) is 0 Å². The second kappa shape index (κ2) is 5.45. The van der Waals surface area contributed by atoms with Gasteiger partial charge < -0.3 is 5.11 Å². The van der Waals surface area contributed by atoms with E-state index in [-0.39, 0.29) is 6.04 Å². The Labute approximate surface area is 127 Å². The molecule has 1 saturated heterocycles. The van der Waals surface area contributed by atoms with E-state index in [4.69, 9.17) is 0 Å². The van der Waals surface area contributed by atoms with Crippen molar-refractivity contribution in [1.29, 1.82) is 0 Å². The average Bonchev–Trinajstić information content (AvgIpc) is 2.95. The molecule has 3 rings (SSSR count). The number of carbonyl (C=O) groups is 1. The lowest BCUT2D eigenvalue weighted by molar-refractivity contribution is -0.143. The number of fused-ring (bicyclic) bond motifs is 1. The predicted molar refractivity (Wildman–Crippen MR) is 83.3 cm³/mol. The first kappa shape index (κ1) is 14.6. The Kier molecular flexibility index (Phi) is 3.78. The molecule has 3 nitrogen and oxygen atoms in total. The monoisotopic (exact) mass is 287 g/mol. The lowest BCUT2D eigenvalue weighted by atomic mass is 9.94. The van der Waals surface area contributed by atoms with Crippen molar-refractivity contribution in [3.63, 3.8) is 0 Å². The molecular formula is C18H25NO2. The van der Waals surface area contributed by atoms with Crippen LogP contribution in [0.4, 0.5) is 0 Å². The molecule has 1 aromatic carbocycles. The molecule has 1 N–H and O–H groups in total. The highest BCUT2D eigenvalue weighted by Crippen LogP contribution is 2.42. The highest BCUT2D eigenvalue weighted by molar-refractivity contribution is 5.74. The number of aryl methyl sites for hydroxylation is 3. The fourth-order valence-corrected chi connectivity index (χ4v) is 4.31. The summed E-state index contributed by atoms with van der Waals surface area (Å²) in [5, 5.41) is 9.64. The Morgan fingerprint density at radius 3 is 2.62 bits per heavy atom. The minimum atomic E-state index is -0.633. The van der Waals surface area contributed by atoms with E-state index in [0.29, 0.717) is 11.8 Å². The molecule has 2 fully saturated rings. The summed E-state index contributed by atoms with van der Waals surface area (Å²) in [6.45, 7) is 8.12. The molecule has 1 aliphatic heterocycles. The van der Waals surface area contributed by atoms with Crippen molar-refractivity contribution in [2.75, 3.05) is 6.54 Å². The molecule has 1 aromatic rings. The van der Waals surface area contributed by atoms with Gasteiger partial charge in [-0.3, -0.25) is 9.69 Å². The Hall–Kier alpha value is -1.35. The van der Waals surface area contributed by atoms with E-state index in [2.05, 4.69) is 37.8 Å². The van der Waals surface area contributed by atoms with Crippen LogP contribution in [-0.4, -0.2) is 28.6 Å². The summed E-state index contributed by atoms with van der Waals surface area (Å²) in [7, 11) is 0. The van der Waals surface area contributed by atoms with E-state index < -0.39 is 5.97 Å². The first-order valence-corrected chi connectivity index (χ1v) is 8.01. The second-order valence-electron chi connectivity index (χ2n) is 6.93. The third-order valence-electron chi connectivity index (χ3n) is 5.56. The summed E-state index contributed by atoms with van der Waals surface area (Å²) in [6.07, 6.45) is 3.50. The molecule has 0 bridgehead atoms. The molecule has 0 radical (unpaired) electrons. The normalized spacial score (nSPS) is 28.8. The van der Waals surface area contributed by atoms with E-state index in [0.717, 1.165) is 19.5 Å². The molecular weight excluding hydrogens is 262 g/mol.